The van der Waals surface area contributed by atoms with Crippen molar-refractivity contribution in [3.05, 3.63) is 83.7 Å². The highest BCUT2D eigenvalue weighted by Gasteiger charge is 2.51. The molecule has 3 aromatic rings. The summed E-state index contributed by atoms with van der Waals surface area (Å²) in [5.41, 5.74) is 3.52. The van der Waals surface area contributed by atoms with E-state index in [0.29, 0.717) is 10.9 Å². The minimum atomic E-state index is -0.573. The van der Waals surface area contributed by atoms with Crippen molar-refractivity contribution < 1.29 is 19.4 Å². The van der Waals surface area contributed by atoms with E-state index < -0.39 is 6.29 Å². The molecule has 0 unspecified atom stereocenters. The highest BCUT2D eigenvalue weighted by molar-refractivity contribution is 7.99. The van der Waals surface area contributed by atoms with Crippen LogP contribution in [0, 0.1) is 23.7 Å². The lowest BCUT2D eigenvalue weighted by Gasteiger charge is -2.56. The summed E-state index contributed by atoms with van der Waals surface area (Å²) < 4.78 is 13.1. The van der Waals surface area contributed by atoms with Gasteiger partial charge in [-0.05, 0) is 85.6 Å². The maximum atomic E-state index is 13.1. The third-order valence-electron chi connectivity index (χ3n) is 9.90. The van der Waals surface area contributed by atoms with Crippen LogP contribution in [-0.2, 0) is 16.1 Å². The minimum absolute atomic E-state index is 0.00435. The van der Waals surface area contributed by atoms with Crippen molar-refractivity contribution in [1.29, 1.82) is 0 Å². The molecular formula is C34H40N4O4S. The molecule has 4 bridgehead atoms. The third kappa shape index (κ3) is 6.32. The molecule has 4 atom stereocenters. The van der Waals surface area contributed by atoms with E-state index in [-0.39, 0.29) is 36.3 Å². The largest absolute Gasteiger partial charge is 0.392 e. The summed E-state index contributed by atoms with van der Waals surface area (Å²) in [4.78, 5) is 21.8. The summed E-state index contributed by atoms with van der Waals surface area (Å²) >= 11 is 1.57. The van der Waals surface area contributed by atoms with Crippen LogP contribution in [0.3, 0.4) is 0 Å². The van der Waals surface area contributed by atoms with Crippen LogP contribution in [0.15, 0.2) is 72.1 Å². The van der Waals surface area contributed by atoms with Crippen LogP contribution in [-0.4, -0.2) is 38.5 Å². The SMILES string of the molecule is C[C@H]1[C@@H](CSc2ncccn2)O[C@@H](c2ccc(NC(=O)NC34CC5CC(CC(C5)C3)C4)cc2)O[C@H]1c1ccc(CO)cc1. The van der Waals surface area contributed by atoms with Crippen molar-refractivity contribution in [2.24, 2.45) is 23.7 Å². The van der Waals surface area contributed by atoms with Gasteiger partial charge < -0.3 is 25.2 Å². The summed E-state index contributed by atoms with van der Waals surface area (Å²) in [6, 6.07) is 17.4. The van der Waals surface area contributed by atoms with E-state index in [4.69, 9.17) is 9.47 Å². The highest BCUT2D eigenvalue weighted by atomic mass is 32.2. The number of hydrogen-bond acceptors (Lipinski definition) is 7. The van der Waals surface area contributed by atoms with Crippen LogP contribution >= 0.6 is 11.8 Å². The fourth-order valence-electron chi connectivity index (χ4n) is 8.22. The van der Waals surface area contributed by atoms with Crippen molar-refractivity contribution in [3.8, 4) is 0 Å². The van der Waals surface area contributed by atoms with Gasteiger partial charge >= 0.3 is 6.03 Å². The molecule has 5 aliphatic rings. The zero-order valence-corrected chi connectivity index (χ0v) is 25.3. The van der Waals surface area contributed by atoms with Crippen molar-refractivity contribution >= 4 is 23.5 Å². The van der Waals surface area contributed by atoms with E-state index in [9.17, 15) is 9.90 Å². The van der Waals surface area contributed by atoms with Gasteiger partial charge in [0.05, 0.1) is 18.8 Å². The van der Waals surface area contributed by atoms with E-state index in [1.807, 2.05) is 54.6 Å². The Labute approximate surface area is 257 Å². The average molecular weight is 601 g/mol. The number of carbonyl (C=O) groups excluding carboxylic acids is 1. The summed E-state index contributed by atoms with van der Waals surface area (Å²) in [7, 11) is 0. The van der Waals surface area contributed by atoms with E-state index >= 15 is 0 Å². The average Bonchev–Trinajstić information content (AvgIpc) is 3.00. The molecule has 8 rings (SSSR count). The smallest absolute Gasteiger partial charge is 0.319 e. The highest BCUT2D eigenvalue weighted by Crippen LogP contribution is 2.55. The predicted octanol–water partition coefficient (Wildman–Crippen LogP) is 6.64. The third-order valence-corrected chi connectivity index (χ3v) is 10.9. The van der Waals surface area contributed by atoms with Crippen LogP contribution in [0.2, 0.25) is 0 Å². The molecule has 0 spiro atoms. The van der Waals surface area contributed by atoms with Crippen molar-refractivity contribution in [2.45, 2.75) is 81.2 Å². The number of carbonyl (C=O) groups is 1. The second-order valence-corrected chi connectivity index (χ2v) is 14.1. The van der Waals surface area contributed by atoms with Gasteiger partial charge in [0, 0.05) is 40.9 Å². The summed E-state index contributed by atoms with van der Waals surface area (Å²) in [5.74, 6) is 3.09. The molecule has 3 N–H and O–H groups in total. The molecule has 0 radical (unpaired) electrons. The first-order chi connectivity index (χ1) is 20.9. The number of hydrogen-bond donors (Lipinski definition) is 3. The zero-order chi connectivity index (χ0) is 29.4. The molecule has 8 nitrogen and oxygen atoms in total. The molecule has 9 heteroatoms. The van der Waals surface area contributed by atoms with Gasteiger partial charge in [-0.2, -0.15) is 0 Å². The molecule has 2 heterocycles. The van der Waals surface area contributed by atoms with Crippen molar-refractivity contribution in [2.75, 3.05) is 11.1 Å². The molecule has 5 fully saturated rings. The standard InChI is InChI=1S/C34H40N4O4S/c1-21-29(20-43-33-35-11-2-12-36-33)41-31(42-30(21)26-5-3-22(19-39)4-6-26)27-7-9-28(10-8-27)37-32(40)38-34-16-23-13-24(17-34)15-25(14-23)18-34/h2-12,21,23-25,29-31,39H,13-20H2,1H3,(H2,37,38,40)/t21-,23?,24?,25?,29+,30+,31+,34?/m0/s1. The van der Waals surface area contributed by atoms with Gasteiger partial charge in [0.1, 0.15) is 0 Å². The number of amides is 2. The number of aromatic nitrogens is 2. The van der Waals surface area contributed by atoms with Crippen molar-refractivity contribution in [1.82, 2.24) is 15.3 Å². The van der Waals surface area contributed by atoms with Crippen molar-refractivity contribution in [3.63, 3.8) is 0 Å². The Hall–Kier alpha value is -2.98. The number of nitrogens with one attached hydrogen (secondary N) is 2. The van der Waals surface area contributed by atoms with Crippen LogP contribution in [0.1, 0.15) is 74.5 Å². The van der Waals surface area contributed by atoms with E-state index in [1.165, 1.54) is 19.3 Å². The molecule has 1 aromatic heterocycles. The number of aliphatic hydroxyl groups is 1. The number of rotatable bonds is 8. The normalized spacial score (nSPS) is 32.8. The first kappa shape index (κ1) is 28.8. The van der Waals surface area contributed by atoms with Crippen LogP contribution < -0.4 is 10.6 Å². The number of nitrogens with zero attached hydrogens (tertiary/aromatic N) is 2. The molecule has 4 saturated carbocycles. The number of thioether (sulfide) groups is 1. The Bertz CT molecular complexity index is 1370. The number of anilines is 1. The van der Waals surface area contributed by atoms with Gasteiger partial charge in [-0.1, -0.05) is 55.1 Å². The molecule has 4 aliphatic carbocycles. The number of aliphatic hydroxyl groups excluding tert-OH is 1. The first-order valence-corrected chi connectivity index (χ1v) is 16.5. The fraction of sp³-hybridized carbons (Fsp3) is 0.500. The lowest BCUT2D eigenvalue weighted by atomic mass is 9.53. The lowest BCUT2D eigenvalue weighted by Crippen LogP contribution is -2.60. The second-order valence-electron chi connectivity index (χ2n) is 13.1. The molecule has 226 valence electrons. The quantitative estimate of drug-likeness (QED) is 0.197. The topological polar surface area (TPSA) is 106 Å². The van der Waals surface area contributed by atoms with E-state index in [2.05, 4.69) is 27.5 Å². The van der Waals surface area contributed by atoms with Gasteiger partial charge in [0.25, 0.3) is 0 Å². The van der Waals surface area contributed by atoms with Gasteiger partial charge in [-0.15, -0.1) is 0 Å². The van der Waals surface area contributed by atoms with E-state index in [0.717, 1.165) is 59.4 Å². The monoisotopic (exact) mass is 600 g/mol. The van der Waals surface area contributed by atoms with Gasteiger partial charge in [-0.25, -0.2) is 14.8 Å². The van der Waals surface area contributed by atoms with Gasteiger partial charge in [0.2, 0.25) is 0 Å². The minimum Gasteiger partial charge on any atom is -0.392 e. The Morgan fingerprint density at radius 1 is 0.930 bits per heavy atom. The lowest BCUT2D eigenvalue weighted by molar-refractivity contribution is -0.268. The Morgan fingerprint density at radius 3 is 2.19 bits per heavy atom. The number of urea groups is 1. The first-order valence-electron chi connectivity index (χ1n) is 15.5. The van der Waals surface area contributed by atoms with Crippen LogP contribution in [0.5, 0.6) is 0 Å². The maximum Gasteiger partial charge on any atom is 0.319 e. The Kier molecular flexibility index (Phi) is 8.16. The number of ether oxygens (including phenoxy) is 2. The molecular weight excluding hydrogens is 560 g/mol. The summed E-state index contributed by atoms with van der Waals surface area (Å²) in [6.07, 6.45) is 10.0. The molecule has 1 saturated heterocycles. The van der Waals surface area contributed by atoms with E-state index in [1.54, 1.807) is 24.2 Å². The number of benzene rings is 2. The van der Waals surface area contributed by atoms with Crippen LogP contribution in [0.25, 0.3) is 0 Å². The summed E-state index contributed by atoms with van der Waals surface area (Å²) in [5, 5.41) is 16.7. The Balaban J connectivity index is 1.04. The molecule has 1 aliphatic heterocycles. The molecule has 2 amide bonds. The van der Waals surface area contributed by atoms with Gasteiger partial charge in [-0.3, -0.25) is 0 Å². The second kappa shape index (κ2) is 12.2. The molecule has 43 heavy (non-hydrogen) atoms. The summed E-state index contributed by atoms with van der Waals surface area (Å²) in [6.45, 7) is 2.15. The predicted molar refractivity (Wildman–Crippen MR) is 165 cm³/mol. The zero-order valence-electron chi connectivity index (χ0n) is 24.5. The molecule has 2 aromatic carbocycles. The maximum absolute atomic E-state index is 13.1. The Morgan fingerprint density at radius 2 is 1.56 bits per heavy atom. The van der Waals surface area contributed by atoms with Gasteiger partial charge in [0.15, 0.2) is 11.4 Å². The fourth-order valence-corrected chi connectivity index (χ4v) is 9.18. The van der Waals surface area contributed by atoms with Crippen LogP contribution in [0.4, 0.5) is 10.5 Å².